The van der Waals surface area contributed by atoms with Gasteiger partial charge in [0, 0.05) is 17.7 Å². The number of carbonyl (C=O) groups is 2. The zero-order chi connectivity index (χ0) is 23.3. The molecule has 0 radical (unpaired) electrons. The van der Waals surface area contributed by atoms with Gasteiger partial charge in [-0.2, -0.15) is 5.10 Å². The molecule has 3 rings (SSSR count). The van der Waals surface area contributed by atoms with Crippen LogP contribution in [-0.4, -0.2) is 47.5 Å². The highest BCUT2D eigenvalue weighted by Gasteiger charge is 2.18. The normalized spacial score (nSPS) is 10.5. The van der Waals surface area contributed by atoms with Crippen LogP contribution in [0, 0.1) is 6.92 Å². The molecule has 11 heteroatoms. The van der Waals surface area contributed by atoms with Crippen LogP contribution in [0.15, 0.2) is 35.1 Å². The Morgan fingerprint density at radius 3 is 2.62 bits per heavy atom. The summed E-state index contributed by atoms with van der Waals surface area (Å²) in [5.41, 5.74) is 1.09. The van der Waals surface area contributed by atoms with Gasteiger partial charge >= 0.3 is 5.97 Å². The first-order valence-electron chi connectivity index (χ1n) is 9.61. The first kappa shape index (κ1) is 22.9. The molecule has 0 aliphatic carbocycles. The molecule has 1 amide bonds. The summed E-state index contributed by atoms with van der Waals surface area (Å²) in [7, 11) is 3.06. The van der Waals surface area contributed by atoms with Gasteiger partial charge in [-0.3, -0.25) is 9.59 Å². The van der Waals surface area contributed by atoms with Gasteiger partial charge in [0.15, 0.2) is 5.13 Å². The van der Waals surface area contributed by atoms with Gasteiger partial charge in [0.1, 0.15) is 22.9 Å². The van der Waals surface area contributed by atoms with Crippen molar-refractivity contribution in [2.45, 2.75) is 20.4 Å². The molecule has 32 heavy (non-hydrogen) atoms. The smallest absolute Gasteiger partial charge is 0.350 e. The molecule has 0 unspecified atom stereocenters. The summed E-state index contributed by atoms with van der Waals surface area (Å²) < 4.78 is 16.6. The summed E-state index contributed by atoms with van der Waals surface area (Å²) in [6.07, 6.45) is 0. The summed E-state index contributed by atoms with van der Waals surface area (Å²) >= 11 is 1.01. The number of amides is 1. The van der Waals surface area contributed by atoms with Crippen molar-refractivity contribution in [3.05, 3.63) is 51.3 Å². The van der Waals surface area contributed by atoms with E-state index in [1.54, 1.807) is 45.2 Å². The van der Waals surface area contributed by atoms with Gasteiger partial charge in [0.05, 0.1) is 32.2 Å². The number of hydrogen-bond donors (Lipinski definition) is 1. The maximum Gasteiger partial charge on any atom is 0.350 e. The number of hydrogen-bond acceptors (Lipinski definition) is 9. The van der Waals surface area contributed by atoms with E-state index >= 15 is 0 Å². The molecule has 0 spiro atoms. The molecule has 0 atom stereocenters. The number of nitrogens with zero attached hydrogens (tertiary/aromatic N) is 3. The summed E-state index contributed by atoms with van der Waals surface area (Å²) in [4.78, 5) is 41.2. The molecule has 0 aliphatic heterocycles. The Morgan fingerprint density at radius 2 is 1.94 bits per heavy atom. The molecule has 168 valence electrons. The molecule has 2 aromatic heterocycles. The van der Waals surface area contributed by atoms with Gasteiger partial charge in [-0.25, -0.2) is 14.5 Å². The third-order valence-corrected chi connectivity index (χ3v) is 5.40. The second kappa shape index (κ2) is 10.1. The number of methoxy groups -OCH3 is 2. The molecule has 1 aromatic carbocycles. The molecule has 0 bridgehead atoms. The monoisotopic (exact) mass is 458 g/mol. The van der Waals surface area contributed by atoms with Crippen molar-refractivity contribution in [3.8, 4) is 22.8 Å². The summed E-state index contributed by atoms with van der Waals surface area (Å²) in [6.45, 7) is 3.26. The van der Waals surface area contributed by atoms with E-state index in [1.165, 1.54) is 13.2 Å². The van der Waals surface area contributed by atoms with Crippen molar-refractivity contribution in [1.29, 1.82) is 0 Å². The lowest BCUT2D eigenvalue weighted by molar-refractivity contribution is -0.117. The minimum absolute atomic E-state index is 0.233. The third kappa shape index (κ3) is 5.11. The second-order valence-electron chi connectivity index (χ2n) is 6.48. The van der Waals surface area contributed by atoms with Crippen molar-refractivity contribution < 1.29 is 23.8 Å². The minimum atomic E-state index is -0.511. The lowest BCUT2D eigenvalue weighted by Gasteiger charge is -2.11. The summed E-state index contributed by atoms with van der Waals surface area (Å²) in [5, 5.41) is 7.12. The molecule has 10 nitrogen and oxygen atoms in total. The van der Waals surface area contributed by atoms with Crippen LogP contribution < -0.4 is 20.3 Å². The number of ether oxygens (including phenoxy) is 3. The van der Waals surface area contributed by atoms with Crippen molar-refractivity contribution in [3.63, 3.8) is 0 Å². The van der Waals surface area contributed by atoms with Crippen LogP contribution in [0.1, 0.15) is 22.3 Å². The first-order valence-corrected chi connectivity index (χ1v) is 10.4. The van der Waals surface area contributed by atoms with E-state index in [2.05, 4.69) is 15.4 Å². The number of aromatic nitrogens is 3. The summed E-state index contributed by atoms with van der Waals surface area (Å²) in [6, 6.07) is 8.07. The Morgan fingerprint density at radius 1 is 1.16 bits per heavy atom. The second-order valence-corrected chi connectivity index (χ2v) is 7.48. The Labute approximate surface area is 187 Å². The van der Waals surface area contributed by atoms with E-state index in [9.17, 15) is 14.4 Å². The van der Waals surface area contributed by atoms with Crippen LogP contribution in [0.2, 0.25) is 0 Å². The van der Waals surface area contributed by atoms with Crippen molar-refractivity contribution in [1.82, 2.24) is 14.8 Å². The molecule has 0 fully saturated rings. The van der Waals surface area contributed by atoms with Gasteiger partial charge < -0.3 is 19.5 Å². The van der Waals surface area contributed by atoms with Crippen LogP contribution >= 0.6 is 11.3 Å². The lowest BCUT2D eigenvalue weighted by atomic mass is 10.1. The molecule has 0 aliphatic rings. The molecule has 0 saturated heterocycles. The number of esters is 1. The zero-order valence-corrected chi connectivity index (χ0v) is 18.8. The fourth-order valence-electron chi connectivity index (χ4n) is 2.85. The number of carbonyl (C=O) groups excluding carboxylic acids is 2. The standard InChI is InChI=1S/C21H22N4O6S/c1-5-31-20(28)19-12(2)22-21(32-19)23-17(26)11-25-18(27)9-8-15(24-25)14-7-6-13(29-3)10-16(14)30-4/h6-10H,5,11H2,1-4H3,(H,22,23,26). The lowest BCUT2D eigenvalue weighted by Crippen LogP contribution is -2.29. The Bertz CT molecular complexity index is 1200. The number of anilines is 1. The molecular formula is C21H22N4O6S. The number of rotatable bonds is 8. The topological polar surface area (TPSA) is 122 Å². The van der Waals surface area contributed by atoms with Gasteiger partial charge in [-0.1, -0.05) is 11.3 Å². The molecule has 0 saturated carbocycles. The van der Waals surface area contributed by atoms with Crippen LogP contribution in [0.4, 0.5) is 5.13 Å². The van der Waals surface area contributed by atoms with Crippen molar-refractivity contribution in [2.75, 3.05) is 26.1 Å². The largest absolute Gasteiger partial charge is 0.497 e. The summed E-state index contributed by atoms with van der Waals surface area (Å²) in [5.74, 6) is 0.111. The number of benzene rings is 1. The van der Waals surface area contributed by atoms with E-state index in [0.29, 0.717) is 33.3 Å². The van der Waals surface area contributed by atoms with E-state index in [4.69, 9.17) is 14.2 Å². The van der Waals surface area contributed by atoms with Gasteiger partial charge in [0.2, 0.25) is 5.91 Å². The third-order valence-electron chi connectivity index (χ3n) is 4.35. The van der Waals surface area contributed by atoms with Crippen molar-refractivity contribution in [2.24, 2.45) is 0 Å². The number of aryl methyl sites for hydroxylation is 1. The highest BCUT2D eigenvalue weighted by molar-refractivity contribution is 7.17. The van der Waals surface area contributed by atoms with Gasteiger partial charge in [0.25, 0.3) is 5.56 Å². The van der Waals surface area contributed by atoms with E-state index in [1.807, 2.05) is 0 Å². The predicted molar refractivity (Wildman–Crippen MR) is 118 cm³/mol. The fourth-order valence-corrected chi connectivity index (χ4v) is 3.72. The maximum atomic E-state index is 12.5. The maximum absolute atomic E-state index is 12.5. The van der Waals surface area contributed by atoms with Crippen LogP contribution in [-0.2, 0) is 16.1 Å². The highest BCUT2D eigenvalue weighted by atomic mass is 32.1. The SMILES string of the molecule is CCOC(=O)c1sc(NC(=O)Cn2nc(-c3ccc(OC)cc3OC)ccc2=O)nc1C. The zero-order valence-electron chi connectivity index (χ0n) is 18.0. The molecular weight excluding hydrogens is 436 g/mol. The Kier molecular flexibility index (Phi) is 7.21. The van der Waals surface area contributed by atoms with Gasteiger partial charge in [-0.05, 0) is 32.0 Å². The van der Waals surface area contributed by atoms with Crippen molar-refractivity contribution >= 4 is 28.3 Å². The molecule has 2 heterocycles. The number of thiazole rings is 1. The fraction of sp³-hybridized carbons (Fsp3) is 0.286. The Hall–Kier alpha value is -3.73. The van der Waals surface area contributed by atoms with E-state index < -0.39 is 17.4 Å². The van der Waals surface area contributed by atoms with Crippen LogP contribution in [0.5, 0.6) is 11.5 Å². The quantitative estimate of drug-likeness (QED) is 0.511. The minimum Gasteiger partial charge on any atom is -0.497 e. The number of nitrogens with one attached hydrogen (secondary N) is 1. The Balaban J connectivity index is 1.80. The van der Waals surface area contributed by atoms with E-state index in [-0.39, 0.29) is 18.3 Å². The highest BCUT2D eigenvalue weighted by Crippen LogP contribution is 2.31. The van der Waals surface area contributed by atoms with Crippen LogP contribution in [0.3, 0.4) is 0 Å². The predicted octanol–water partition coefficient (Wildman–Crippen LogP) is 2.51. The molecule has 3 aromatic rings. The van der Waals surface area contributed by atoms with Gasteiger partial charge in [-0.15, -0.1) is 0 Å². The first-order chi connectivity index (χ1) is 15.4. The average Bonchev–Trinajstić information content (AvgIpc) is 3.14. The van der Waals surface area contributed by atoms with Crippen LogP contribution in [0.25, 0.3) is 11.3 Å². The van der Waals surface area contributed by atoms with E-state index in [0.717, 1.165) is 16.0 Å². The average molecular weight is 458 g/mol. The molecule has 1 N–H and O–H groups in total.